The predicted molar refractivity (Wildman–Crippen MR) is 131 cm³/mol. The van der Waals surface area contributed by atoms with Crippen LogP contribution in [0.2, 0.25) is 0 Å². The number of hydrogen-bond donors (Lipinski definition) is 0. The van der Waals surface area contributed by atoms with Crippen molar-refractivity contribution < 1.29 is 26.7 Å². The van der Waals surface area contributed by atoms with Crippen LogP contribution in [-0.4, -0.2) is 16.6 Å². The Morgan fingerprint density at radius 3 is 2.22 bits per heavy atom. The minimum atomic E-state index is -1.56. The first-order chi connectivity index (χ1) is 17.9. The Morgan fingerprint density at radius 2 is 1.51 bits per heavy atom. The molecule has 0 unspecified atom stereocenters. The summed E-state index contributed by atoms with van der Waals surface area (Å²) in [6.45, 7) is 2.71. The lowest BCUT2D eigenvalue weighted by molar-refractivity contribution is 0.303. The number of aryl methyl sites for hydroxylation is 2. The van der Waals surface area contributed by atoms with Crippen molar-refractivity contribution in [3.8, 4) is 17.6 Å². The van der Waals surface area contributed by atoms with E-state index in [2.05, 4.69) is 28.7 Å². The quantitative estimate of drug-likeness (QED) is 0.110. The molecule has 37 heavy (non-hydrogen) atoms. The van der Waals surface area contributed by atoms with Crippen molar-refractivity contribution in [2.75, 3.05) is 6.61 Å². The van der Waals surface area contributed by atoms with E-state index in [4.69, 9.17) is 4.74 Å². The molecule has 0 amide bonds. The van der Waals surface area contributed by atoms with Crippen LogP contribution >= 0.6 is 0 Å². The standard InChI is InChI=1S/C29H23F5N2O/c1-2-3-4-11-37-21-16-35-27(36-17-21)10-7-19-13-24(30)23(25(31)14-19)9-6-18-5-8-22-20(12-18)15-26(32)29(34)28(22)33/h5,8,12-17H,2-4,7,10-11H2,1H3. The first-order valence-corrected chi connectivity index (χ1v) is 11.9. The summed E-state index contributed by atoms with van der Waals surface area (Å²) in [4.78, 5) is 8.48. The van der Waals surface area contributed by atoms with E-state index in [-0.39, 0.29) is 16.3 Å². The van der Waals surface area contributed by atoms with Gasteiger partial charge in [0.25, 0.3) is 0 Å². The molecule has 0 aliphatic heterocycles. The zero-order chi connectivity index (χ0) is 26.4. The van der Waals surface area contributed by atoms with Gasteiger partial charge in [-0.3, -0.25) is 0 Å². The maximum absolute atomic E-state index is 14.6. The predicted octanol–water partition coefficient (Wildman–Crippen LogP) is 7.08. The van der Waals surface area contributed by atoms with Crippen molar-refractivity contribution in [2.24, 2.45) is 0 Å². The minimum Gasteiger partial charge on any atom is -0.490 e. The summed E-state index contributed by atoms with van der Waals surface area (Å²) >= 11 is 0. The van der Waals surface area contributed by atoms with Gasteiger partial charge in [0.2, 0.25) is 0 Å². The molecule has 190 valence electrons. The summed E-state index contributed by atoms with van der Waals surface area (Å²) < 4.78 is 75.7. The Balaban J connectivity index is 1.43. The highest BCUT2D eigenvalue weighted by Crippen LogP contribution is 2.24. The number of ether oxygens (including phenoxy) is 1. The molecule has 0 atom stereocenters. The highest BCUT2D eigenvalue weighted by atomic mass is 19.2. The van der Waals surface area contributed by atoms with E-state index in [0.29, 0.717) is 36.6 Å². The molecule has 4 aromatic rings. The third-order valence-corrected chi connectivity index (χ3v) is 5.74. The number of unbranched alkanes of at least 4 members (excludes halogenated alkanes) is 2. The fourth-order valence-corrected chi connectivity index (χ4v) is 3.75. The van der Waals surface area contributed by atoms with E-state index in [9.17, 15) is 22.0 Å². The van der Waals surface area contributed by atoms with E-state index >= 15 is 0 Å². The van der Waals surface area contributed by atoms with Crippen LogP contribution in [-0.2, 0) is 12.8 Å². The molecule has 0 saturated carbocycles. The molecule has 0 fully saturated rings. The maximum atomic E-state index is 14.6. The van der Waals surface area contributed by atoms with Crippen molar-refractivity contribution in [1.29, 1.82) is 0 Å². The Morgan fingerprint density at radius 1 is 0.784 bits per heavy atom. The van der Waals surface area contributed by atoms with Gasteiger partial charge in [-0.15, -0.1) is 0 Å². The molecule has 0 bridgehead atoms. The smallest absolute Gasteiger partial charge is 0.195 e. The molecule has 8 heteroatoms. The van der Waals surface area contributed by atoms with Gasteiger partial charge in [0.15, 0.2) is 23.2 Å². The summed E-state index contributed by atoms with van der Waals surface area (Å²) in [5.74, 6) is 0.255. The van der Waals surface area contributed by atoms with Gasteiger partial charge >= 0.3 is 0 Å². The third kappa shape index (κ3) is 6.42. The Hall–Kier alpha value is -3.99. The molecule has 1 heterocycles. The second-order valence-electron chi connectivity index (χ2n) is 8.50. The number of fused-ring (bicyclic) bond motifs is 1. The number of hydrogen-bond acceptors (Lipinski definition) is 3. The van der Waals surface area contributed by atoms with Crippen LogP contribution in [0.25, 0.3) is 10.8 Å². The average molecular weight is 511 g/mol. The van der Waals surface area contributed by atoms with Crippen LogP contribution in [0.4, 0.5) is 22.0 Å². The molecule has 3 aromatic carbocycles. The SMILES string of the molecule is CCCCCOc1cnc(CCc2cc(F)c(C#Cc3ccc4c(F)c(F)c(F)cc4c3)c(F)c2)nc1. The molecular weight excluding hydrogens is 487 g/mol. The molecule has 0 aliphatic carbocycles. The van der Waals surface area contributed by atoms with Crippen molar-refractivity contribution in [3.63, 3.8) is 0 Å². The van der Waals surface area contributed by atoms with E-state index in [1.807, 2.05) is 0 Å². The van der Waals surface area contributed by atoms with Gasteiger partial charge in [-0.2, -0.15) is 0 Å². The Labute approximate surface area is 211 Å². The minimum absolute atomic E-state index is 0.0813. The summed E-state index contributed by atoms with van der Waals surface area (Å²) in [5.41, 5.74) is 0.250. The molecule has 0 spiro atoms. The molecule has 3 nitrogen and oxygen atoms in total. The van der Waals surface area contributed by atoms with Crippen LogP contribution in [0, 0.1) is 40.9 Å². The largest absolute Gasteiger partial charge is 0.490 e. The topological polar surface area (TPSA) is 35.0 Å². The normalized spacial score (nSPS) is 10.9. The molecule has 4 rings (SSSR count). The maximum Gasteiger partial charge on any atom is 0.195 e. The van der Waals surface area contributed by atoms with E-state index in [0.717, 1.165) is 25.3 Å². The van der Waals surface area contributed by atoms with Crippen LogP contribution in [0.1, 0.15) is 48.7 Å². The van der Waals surface area contributed by atoms with Crippen LogP contribution in [0.15, 0.2) is 48.8 Å². The van der Waals surface area contributed by atoms with E-state index < -0.39 is 34.6 Å². The number of rotatable bonds is 8. The summed E-state index contributed by atoms with van der Waals surface area (Å²) in [6.07, 6.45) is 7.01. The Kier molecular flexibility index (Phi) is 8.34. The summed E-state index contributed by atoms with van der Waals surface area (Å²) in [7, 11) is 0. The molecular formula is C29H23F5N2O. The van der Waals surface area contributed by atoms with Gasteiger partial charge in [-0.1, -0.05) is 37.7 Å². The number of aromatic nitrogens is 2. The van der Waals surface area contributed by atoms with Crippen LogP contribution in [0.5, 0.6) is 5.75 Å². The number of benzene rings is 3. The van der Waals surface area contributed by atoms with Gasteiger partial charge in [0.05, 0.1) is 24.6 Å². The fourth-order valence-electron chi connectivity index (χ4n) is 3.75. The zero-order valence-corrected chi connectivity index (χ0v) is 20.1. The van der Waals surface area contributed by atoms with Gasteiger partial charge in [0, 0.05) is 17.4 Å². The summed E-state index contributed by atoms with van der Waals surface area (Å²) in [6, 6.07) is 7.16. The summed E-state index contributed by atoms with van der Waals surface area (Å²) in [5, 5.41) is -0.0397. The second kappa shape index (κ2) is 11.8. The Bertz CT molecular complexity index is 1450. The molecule has 1 aromatic heterocycles. The van der Waals surface area contributed by atoms with E-state index in [1.54, 1.807) is 12.4 Å². The molecule has 0 aliphatic rings. The first kappa shape index (κ1) is 26.1. The lowest BCUT2D eigenvalue weighted by Gasteiger charge is -2.07. The highest BCUT2D eigenvalue weighted by molar-refractivity contribution is 5.84. The van der Waals surface area contributed by atoms with Gasteiger partial charge in [-0.25, -0.2) is 31.9 Å². The van der Waals surface area contributed by atoms with Crippen molar-refractivity contribution >= 4 is 10.8 Å². The van der Waals surface area contributed by atoms with Crippen molar-refractivity contribution in [3.05, 3.63) is 100 Å². The lowest BCUT2D eigenvalue weighted by Crippen LogP contribution is -2.02. The number of nitrogens with zero attached hydrogens (tertiary/aromatic N) is 2. The molecule has 0 N–H and O–H groups in total. The zero-order valence-electron chi connectivity index (χ0n) is 20.1. The third-order valence-electron chi connectivity index (χ3n) is 5.74. The van der Waals surface area contributed by atoms with Crippen molar-refractivity contribution in [1.82, 2.24) is 9.97 Å². The van der Waals surface area contributed by atoms with Crippen LogP contribution < -0.4 is 4.74 Å². The number of halogens is 5. The van der Waals surface area contributed by atoms with Gasteiger partial charge in [-0.05, 0) is 54.1 Å². The fraction of sp³-hybridized carbons (Fsp3) is 0.241. The molecule has 0 saturated heterocycles. The lowest BCUT2D eigenvalue weighted by atomic mass is 10.0. The monoisotopic (exact) mass is 510 g/mol. The van der Waals surface area contributed by atoms with Gasteiger partial charge in [0.1, 0.15) is 17.5 Å². The molecule has 0 radical (unpaired) electrons. The van der Waals surface area contributed by atoms with Gasteiger partial charge < -0.3 is 4.74 Å². The highest BCUT2D eigenvalue weighted by Gasteiger charge is 2.14. The van der Waals surface area contributed by atoms with E-state index in [1.165, 1.54) is 30.3 Å². The van der Waals surface area contributed by atoms with Crippen LogP contribution in [0.3, 0.4) is 0 Å². The second-order valence-corrected chi connectivity index (χ2v) is 8.50. The average Bonchev–Trinajstić information content (AvgIpc) is 2.89. The first-order valence-electron chi connectivity index (χ1n) is 11.9. The van der Waals surface area contributed by atoms with Crippen molar-refractivity contribution in [2.45, 2.75) is 39.0 Å².